The standard InChI is InChI=1S/C15H8Cl3NO2/c16-9-4-5-10(17)8(6-9)7-19-12-3-1-2-11(18)13(12)14(20)15(19)21/h1-6H,7H2. The molecule has 1 heterocycles. The highest BCUT2D eigenvalue weighted by Gasteiger charge is 2.37. The van der Waals surface area contributed by atoms with Crippen LogP contribution in [0.3, 0.4) is 0 Å². The molecule has 2 aromatic carbocycles. The van der Waals surface area contributed by atoms with Crippen molar-refractivity contribution in [2.24, 2.45) is 0 Å². The summed E-state index contributed by atoms with van der Waals surface area (Å²) >= 11 is 18.1. The van der Waals surface area contributed by atoms with Crippen molar-refractivity contribution in [1.29, 1.82) is 0 Å². The largest absolute Gasteiger partial charge is 0.300 e. The Hall–Kier alpha value is -1.55. The minimum Gasteiger partial charge on any atom is -0.300 e. The highest BCUT2D eigenvalue weighted by atomic mass is 35.5. The van der Waals surface area contributed by atoms with Crippen molar-refractivity contribution in [3.8, 4) is 0 Å². The molecular weight excluding hydrogens is 333 g/mol. The lowest BCUT2D eigenvalue weighted by molar-refractivity contribution is -0.114. The summed E-state index contributed by atoms with van der Waals surface area (Å²) in [5, 5.41) is 1.26. The quantitative estimate of drug-likeness (QED) is 0.761. The number of halogens is 3. The third-order valence-electron chi connectivity index (χ3n) is 3.29. The summed E-state index contributed by atoms with van der Waals surface area (Å²) in [5.41, 5.74) is 1.40. The smallest absolute Gasteiger partial charge is 0.299 e. The molecular formula is C15H8Cl3NO2. The van der Waals surface area contributed by atoms with Gasteiger partial charge in [-0.2, -0.15) is 0 Å². The SMILES string of the molecule is O=C1C(=O)N(Cc2cc(Cl)ccc2Cl)c2cccc(Cl)c21. The maximum Gasteiger partial charge on any atom is 0.299 e. The Bertz CT molecular complexity index is 774. The van der Waals surface area contributed by atoms with Gasteiger partial charge in [-0.3, -0.25) is 9.59 Å². The molecule has 3 rings (SSSR count). The van der Waals surface area contributed by atoms with Gasteiger partial charge in [0.25, 0.3) is 11.7 Å². The first-order valence-electron chi connectivity index (χ1n) is 6.07. The van der Waals surface area contributed by atoms with Gasteiger partial charge in [-0.15, -0.1) is 0 Å². The van der Waals surface area contributed by atoms with Crippen LogP contribution in [-0.2, 0) is 11.3 Å². The zero-order valence-electron chi connectivity index (χ0n) is 10.6. The maximum absolute atomic E-state index is 12.2. The second kappa shape index (κ2) is 5.34. The third kappa shape index (κ3) is 2.42. The minimum absolute atomic E-state index is 0.164. The van der Waals surface area contributed by atoms with Gasteiger partial charge in [-0.05, 0) is 35.9 Å². The van der Waals surface area contributed by atoms with Crippen molar-refractivity contribution in [3.63, 3.8) is 0 Å². The molecule has 0 saturated carbocycles. The second-order valence-electron chi connectivity index (χ2n) is 4.59. The van der Waals surface area contributed by atoms with E-state index in [1.165, 1.54) is 4.90 Å². The molecule has 0 spiro atoms. The molecule has 0 aromatic heterocycles. The fourth-order valence-corrected chi connectivity index (χ4v) is 2.92. The minimum atomic E-state index is -0.617. The Kier molecular flexibility index (Phi) is 3.66. The monoisotopic (exact) mass is 339 g/mol. The van der Waals surface area contributed by atoms with Crippen LogP contribution in [0.15, 0.2) is 36.4 Å². The van der Waals surface area contributed by atoms with Gasteiger partial charge in [-0.1, -0.05) is 40.9 Å². The summed E-state index contributed by atoms with van der Waals surface area (Å²) in [7, 11) is 0. The van der Waals surface area contributed by atoms with E-state index in [0.717, 1.165) is 0 Å². The Morgan fingerprint density at radius 3 is 2.48 bits per heavy atom. The Balaban J connectivity index is 2.05. The fourth-order valence-electron chi connectivity index (χ4n) is 2.29. The van der Waals surface area contributed by atoms with Crippen LogP contribution in [0.4, 0.5) is 5.69 Å². The van der Waals surface area contributed by atoms with Crippen LogP contribution in [0, 0.1) is 0 Å². The zero-order chi connectivity index (χ0) is 15.1. The highest BCUT2D eigenvalue weighted by molar-refractivity contribution is 6.55. The molecule has 1 aliphatic rings. The van der Waals surface area contributed by atoms with E-state index in [1.54, 1.807) is 36.4 Å². The van der Waals surface area contributed by atoms with E-state index in [-0.39, 0.29) is 17.1 Å². The van der Waals surface area contributed by atoms with Gasteiger partial charge in [0, 0.05) is 10.0 Å². The number of Topliss-reactive ketones (excluding diaryl/α,β-unsaturated/α-hetero) is 1. The number of nitrogens with zero attached hydrogens (tertiary/aromatic N) is 1. The summed E-state index contributed by atoms with van der Waals surface area (Å²) in [4.78, 5) is 25.6. The van der Waals surface area contributed by atoms with Gasteiger partial charge in [0.1, 0.15) is 0 Å². The van der Waals surface area contributed by atoms with E-state index >= 15 is 0 Å². The number of hydrogen-bond donors (Lipinski definition) is 0. The molecule has 6 heteroatoms. The fraction of sp³-hybridized carbons (Fsp3) is 0.0667. The Labute approximate surface area is 136 Å². The van der Waals surface area contributed by atoms with Crippen molar-refractivity contribution in [1.82, 2.24) is 0 Å². The van der Waals surface area contributed by atoms with Crippen LogP contribution >= 0.6 is 34.8 Å². The first-order valence-corrected chi connectivity index (χ1v) is 7.21. The van der Waals surface area contributed by atoms with Crippen LogP contribution in [0.5, 0.6) is 0 Å². The van der Waals surface area contributed by atoms with Gasteiger partial charge >= 0.3 is 0 Å². The lowest BCUT2D eigenvalue weighted by Crippen LogP contribution is -2.29. The summed E-state index contributed by atoms with van der Waals surface area (Å²) in [5.74, 6) is -1.22. The summed E-state index contributed by atoms with van der Waals surface area (Å²) < 4.78 is 0. The Morgan fingerprint density at radius 1 is 0.952 bits per heavy atom. The van der Waals surface area contributed by atoms with Crippen molar-refractivity contribution in [3.05, 3.63) is 62.6 Å². The number of amides is 1. The van der Waals surface area contributed by atoms with E-state index in [0.29, 0.717) is 21.3 Å². The number of fused-ring (bicyclic) bond motifs is 1. The average Bonchev–Trinajstić information content (AvgIpc) is 2.69. The van der Waals surface area contributed by atoms with E-state index in [1.807, 2.05) is 0 Å². The number of rotatable bonds is 2. The number of carbonyl (C=O) groups excluding carboxylic acids is 2. The molecule has 0 aliphatic carbocycles. The predicted molar refractivity (Wildman–Crippen MR) is 83.4 cm³/mol. The van der Waals surface area contributed by atoms with Gasteiger partial charge in [0.2, 0.25) is 0 Å². The lowest BCUT2D eigenvalue weighted by Gasteiger charge is -2.17. The molecule has 1 amide bonds. The molecule has 0 bridgehead atoms. The molecule has 0 N–H and O–H groups in total. The topological polar surface area (TPSA) is 37.4 Å². The third-order valence-corrected chi connectivity index (χ3v) is 4.20. The molecule has 0 radical (unpaired) electrons. The molecule has 2 aromatic rings. The average molecular weight is 341 g/mol. The van der Waals surface area contributed by atoms with Gasteiger partial charge in [0.15, 0.2) is 0 Å². The number of anilines is 1. The van der Waals surface area contributed by atoms with Crippen LogP contribution in [-0.4, -0.2) is 11.7 Å². The number of ketones is 1. The van der Waals surface area contributed by atoms with Crippen molar-refractivity contribution in [2.45, 2.75) is 6.54 Å². The van der Waals surface area contributed by atoms with Crippen molar-refractivity contribution >= 4 is 52.2 Å². The van der Waals surface area contributed by atoms with E-state index in [9.17, 15) is 9.59 Å². The molecule has 106 valence electrons. The summed E-state index contributed by atoms with van der Waals surface area (Å²) in [6.45, 7) is 0.164. The first kappa shape index (κ1) is 14.4. The van der Waals surface area contributed by atoms with Gasteiger partial charge in [0.05, 0.1) is 22.8 Å². The zero-order valence-corrected chi connectivity index (χ0v) is 12.8. The molecule has 3 nitrogen and oxygen atoms in total. The molecule has 0 atom stereocenters. The molecule has 21 heavy (non-hydrogen) atoms. The van der Waals surface area contributed by atoms with Gasteiger partial charge in [-0.25, -0.2) is 0 Å². The second-order valence-corrected chi connectivity index (χ2v) is 5.84. The maximum atomic E-state index is 12.2. The normalized spacial score (nSPS) is 13.8. The number of hydrogen-bond acceptors (Lipinski definition) is 2. The molecule has 0 unspecified atom stereocenters. The number of carbonyl (C=O) groups is 2. The molecule has 0 saturated heterocycles. The van der Waals surface area contributed by atoms with Crippen LogP contribution in [0.1, 0.15) is 15.9 Å². The predicted octanol–water partition coefficient (Wildman–Crippen LogP) is 4.38. The summed E-state index contributed by atoms with van der Waals surface area (Å²) in [6.07, 6.45) is 0. The number of benzene rings is 2. The summed E-state index contributed by atoms with van der Waals surface area (Å²) in [6, 6.07) is 9.95. The lowest BCUT2D eigenvalue weighted by atomic mass is 10.1. The van der Waals surface area contributed by atoms with Crippen molar-refractivity contribution < 1.29 is 9.59 Å². The first-order chi connectivity index (χ1) is 9.99. The van der Waals surface area contributed by atoms with Crippen molar-refractivity contribution in [2.75, 3.05) is 4.90 Å². The van der Waals surface area contributed by atoms with Gasteiger partial charge < -0.3 is 4.90 Å². The van der Waals surface area contributed by atoms with E-state index < -0.39 is 11.7 Å². The molecule has 1 aliphatic heterocycles. The van der Waals surface area contributed by atoms with E-state index in [4.69, 9.17) is 34.8 Å². The van der Waals surface area contributed by atoms with Crippen LogP contribution in [0.2, 0.25) is 15.1 Å². The highest BCUT2D eigenvalue weighted by Crippen LogP contribution is 2.36. The Morgan fingerprint density at radius 2 is 1.71 bits per heavy atom. The molecule has 0 fully saturated rings. The van der Waals surface area contributed by atoms with Crippen LogP contribution in [0.25, 0.3) is 0 Å². The van der Waals surface area contributed by atoms with E-state index in [2.05, 4.69) is 0 Å². The van der Waals surface area contributed by atoms with Crippen LogP contribution < -0.4 is 4.90 Å².